The lowest BCUT2D eigenvalue weighted by molar-refractivity contribution is 1.10. The largest absolute Gasteiger partial charge is 0.250 e. The molecule has 82 valence electrons. The summed E-state index contributed by atoms with van der Waals surface area (Å²) in [7, 11) is 0. The lowest BCUT2D eigenvalue weighted by atomic mass is 10.1. The molecule has 0 radical (unpaired) electrons. The Labute approximate surface area is 105 Å². The van der Waals surface area contributed by atoms with Gasteiger partial charge in [-0.2, -0.15) is 0 Å². The van der Waals surface area contributed by atoms with E-state index in [4.69, 9.17) is 4.99 Å². The molecular formula is C15H11NS. The van der Waals surface area contributed by atoms with Crippen LogP contribution in [0, 0.1) is 0 Å². The van der Waals surface area contributed by atoms with Crippen molar-refractivity contribution < 1.29 is 0 Å². The predicted molar refractivity (Wildman–Crippen MR) is 72.4 cm³/mol. The highest BCUT2D eigenvalue weighted by molar-refractivity contribution is 8.01. The summed E-state index contributed by atoms with van der Waals surface area (Å²) in [6.45, 7) is 0. The number of fused-ring (bicyclic) bond motifs is 4. The topological polar surface area (TPSA) is 12.4 Å². The molecule has 1 heterocycles. The van der Waals surface area contributed by atoms with Crippen LogP contribution in [-0.2, 0) is 6.42 Å². The third kappa shape index (κ3) is 1.37. The fourth-order valence-corrected chi connectivity index (χ4v) is 3.83. The third-order valence-electron chi connectivity index (χ3n) is 3.38. The van der Waals surface area contributed by atoms with Gasteiger partial charge in [-0.3, -0.25) is 4.99 Å². The Morgan fingerprint density at radius 1 is 1.00 bits per heavy atom. The molecule has 2 aromatic carbocycles. The Hall–Kier alpha value is -1.54. The van der Waals surface area contributed by atoms with Gasteiger partial charge in [-0.25, -0.2) is 0 Å². The molecule has 1 aliphatic heterocycles. The van der Waals surface area contributed by atoms with Gasteiger partial charge < -0.3 is 0 Å². The van der Waals surface area contributed by atoms with E-state index in [1.165, 1.54) is 21.7 Å². The van der Waals surface area contributed by atoms with Gasteiger partial charge in [0.15, 0.2) is 0 Å². The van der Waals surface area contributed by atoms with Crippen molar-refractivity contribution >= 4 is 23.2 Å². The average molecular weight is 237 g/mol. The Kier molecular flexibility index (Phi) is 1.94. The van der Waals surface area contributed by atoms with Crippen LogP contribution in [-0.4, -0.2) is 11.0 Å². The van der Waals surface area contributed by atoms with Crippen LogP contribution >= 0.6 is 11.8 Å². The highest BCUT2D eigenvalue weighted by atomic mass is 32.2. The molecule has 2 aliphatic rings. The van der Waals surface area contributed by atoms with Crippen LogP contribution in [0.15, 0.2) is 58.4 Å². The molecule has 2 aromatic rings. The molecule has 1 atom stereocenters. The lowest BCUT2D eigenvalue weighted by Crippen LogP contribution is -2.15. The standard InChI is InChI=1S/C15H11NS/c1-2-6-11-10(5-1)9-14-15(11)16-12-7-3-4-8-13(12)17-14/h1-8,14H,9H2/t14-/m0/s1. The summed E-state index contributed by atoms with van der Waals surface area (Å²) < 4.78 is 0. The van der Waals surface area contributed by atoms with Crippen molar-refractivity contribution in [2.24, 2.45) is 4.99 Å². The summed E-state index contributed by atoms with van der Waals surface area (Å²) >= 11 is 1.95. The molecule has 17 heavy (non-hydrogen) atoms. The van der Waals surface area contributed by atoms with Gasteiger partial charge in [-0.15, -0.1) is 11.8 Å². The molecule has 0 unspecified atom stereocenters. The number of hydrogen-bond donors (Lipinski definition) is 0. The SMILES string of the molecule is c1ccc2c(c1)C[C@@H]1Sc3ccccc3N=C21. The van der Waals surface area contributed by atoms with Crippen molar-refractivity contribution in [3.05, 3.63) is 59.7 Å². The predicted octanol–water partition coefficient (Wildman–Crippen LogP) is 3.84. The van der Waals surface area contributed by atoms with E-state index >= 15 is 0 Å². The van der Waals surface area contributed by atoms with Crippen molar-refractivity contribution in [1.82, 2.24) is 0 Å². The first kappa shape index (κ1) is 9.49. The van der Waals surface area contributed by atoms with Gasteiger partial charge in [0.1, 0.15) is 0 Å². The smallest absolute Gasteiger partial charge is 0.0769 e. The van der Waals surface area contributed by atoms with E-state index in [0.717, 1.165) is 12.1 Å². The highest BCUT2D eigenvalue weighted by Gasteiger charge is 2.32. The van der Waals surface area contributed by atoms with Crippen LogP contribution < -0.4 is 0 Å². The van der Waals surface area contributed by atoms with Crippen molar-refractivity contribution in [2.45, 2.75) is 16.6 Å². The Bertz CT molecular complexity index is 624. The zero-order valence-corrected chi connectivity index (χ0v) is 10.1. The molecule has 0 amide bonds. The first-order chi connectivity index (χ1) is 8.42. The van der Waals surface area contributed by atoms with Crippen LogP contribution in [0.1, 0.15) is 11.1 Å². The third-order valence-corrected chi connectivity index (χ3v) is 4.65. The minimum atomic E-state index is 0.516. The van der Waals surface area contributed by atoms with E-state index in [-0.39, 0.29) is 0 Å². The van der Waals surface area contributed by atoms with Crippen LogP contribution in [0.25, 0.3) is 0 Å². The summed E-state index contributed by atoms with van der Waals surface area (Å²) in [5.41, 5.74) is 5.18. The van der Waals surface area contributed by atoms with Crippen LogP contribution in [0.4, 0.5) is 5.69 Å². The molecule has 1 nitrogen and oxygen atoms in total. The lowest BCUT2D eigenvalue weighted by Gasteiger charge is -2.18. The van der Waals surface area contributed by atoms with Gasteiger partial charge in [0.2, 0.25) is 0 Å². The fraction of sp³-hybridized carbons (Fsp3) is 0.133. The Balaban J connectivity index is 1.91. The number of benzene rings is 2. The minimum absolute atomic E-state index is 0.516. The van der Waals surface area contributed by atoms with E-state index in [0.29, 0.717) is 5.25 Å². The van der Waals surface area contributed by atoms with E-state index in [1.54, 1.807) is 0 Å². The Morgan fingerprint density at radius 3 is 2.82 bits per heavy atom. The molecule has 1 aliphatic carbocycles. The van der Waals surface area contributed by atoms with Gasteiger partial charge in [0.05, 0.1) is 16.6 Å². The second-order valence-electron chi connectivity index (χ2n) is 4.43. The fourth-order valence-electron chi connectivity index (χ4n) is 2.58. The summed E-state index contributed by atoms with van der Waals surface area (Å²) in [4.78, 5) is 6.16. The molecule has 0 aromatic heterocycles. The van der Waals surface area contributed by atoms with Crippen LogP contribution in [0.5, 0.6) is 0 Å². The number of thioether (sulfide) groups is 1. The molecule has 4 rings (SSSR count). The van der Waals surface area contributed by atoms with Gasteiger partial charge >= 0.3 is 0 Å². The quantitative estimate of drug-likeness (QED) is 0.678. The monoisotopic (exact) mass is 237 g/mol. The van der Waals surface area contributed by atoms with Gasteiger partial charge in [-0.1, -0.05) is 36.4 Å². The summed E-state index contributed by atoms with van der Waals surface area (Å²) in [5, 5.41) is 0.516. The van der Waals surface area contributed by atoms with Gasteiger partial charge in [-0.05, 0) is 24.1 Å². The van der Waals surface area contributed by atoms with E-state index in [9.17, 15) is 0 Å². The van der Waals surface area contributed by atoms with Crippen molar-refractivity contribution in [2.75, 3.05) is 0 Å². The van der Waals surface area contributed by atoms with Crippen LogP contribution in [0.2, 0.25) is 0 Å². The number of rotatable bonds is 0. The molecule has 0 saturated heterocycles. The number of nitrogens with zero attached hydrogens (tertiary/aromatic N) is 1. The van der Waals surface area contributed by atoms with E-state index in [2.05, 4.69) is 48.5 Å². The maximum Gasteiger partial charge on any atom is 0.0769 e. The minimum Gasteiger partial charge on any atom is -0.250 e. The maximum absolute atomic E-state index is 4.84. The van der Waals surface area contributed by atoms with Gasteiger partial charge in [0.25, 0.3) is 0 Å². The van der Waals surface area contributed by atoms with Crippen molar-refractivity contribution in [3.63, 3.8) is 0 Å². The van der Waals surface area contributed by atoms with Gasteiger partial charge in [0, 0.05) is 10.5 Å². The molecule has 2 heteroatoms. The zero-order chi connectivity index (χ0) is 11.2. The second kappa shape index (κ2) is 3.47. The number of para-hydroxylation sites is 1. The molecule has 0 saturated carbocycles. The first-order valence-electron chi connectivity index (χ1n) is 5.84. The normalized spacial score (nSPS) is 20.2. The first-order valence-corrected chi connectivity index (χ1v) is 6.72. The number of aliphatic imine (C=N–C) groups is 1. The molecule has 0 spiro atoms. The van der Waals surface area contributed by atoms with Crippen LogP contribution in [0.3, 0.4) is 0 Å². The highest BCUT2D eigenvalue weighted by Crippen LogP contribution is 2.43. The van der Waals surface area contributed by atoms with E-state index < -0.39 is 0 Å². The second-order valence-corrected chi connectivity index (χ2v) is 5.68. The summed E-state index contributed by atoms with van der Waals surface area (Å²) in [5.74, 6) is 0. The average Bonchev–Trinajstić information content (AvgIpc) is 2.73. The zero-order valence-electron chi connectivity index (χ0n) is 9.26. The maximum atomic E-state index is 4.84. The van der Waals surface area contributed by atoms with E-state index in [1.807, 2.05) is 11.8 Å². The summed E-state index contributed by atoms with van der Waals surface area (Å²) in [6, 6.07) is 17.1. The molecule has 0 fully saturated rings. The van der Waals surface area contributed by atoms with Crippen molar-refractivity contribution in [1.29, 1.82) is 0 Å². The number of hydrogen-bond acceptors (Lipinski definition) is 2. The molecule has 0 bridgehead atoms. The van der Waals surface area contributed by atoms with Crippen molar-refractivity contribution in [3.8, 4) is 0 Å². The molecule has 0 N–H and O–H groups in total. The Morgan fingerprint density at radius 2 is 1.82 bits per heavy atom. The molecular weight excluding hydrogens is 226 g/mol. The summed E-state index contributed by atoms with van der Waals surface area (Å²) in [6.07, 6.45) is 1.12.